The van der Waals surface area contributed by atoms with Crippen LogP contribution in [0, 0.1) is 5.92 Å². The smallest absolute Gasteiger partial charge is 0.223 e. The molecule has 0 spiro atoms. The van der Waals surface area contributed by atoms with Crippen LogP contribution in [0.25, 0.3) is 22.0 Å². The summed E-state index contributed by atoms with van der Waals surface area (Å²) < 4.78 is 0. The summed E-state index contributed by atoms with van der Waals surface area (Å²) in [5.74, 6) is 1.41. The second-order valence-corrected chi connectivity index (χ2v) is 10.1. The van der Waals surface area contributed by atoms with Gasteiger partial charge in [-0.05, 0) is 60.4 Å². The number of hydrogen-bond acceptors (Lipinski definition) is 5. The molecule has 3 aromatic heterocycles. The van der Waals surface area contributed by atoms with Gasteiger partial charge in [-0.15, -0.1) is 0 Å². The lowest BCUT2D eigenvalue weighted by atomic mass is 9.99. The van der Waals surface area contributed by atoms with E-state index in [1.165, 1.54) is 5.56 Å². The number of pyridine rings is 2. The molecule has 2 amide bonds. The lowest BCUT2D eigenvalue weighted by Crippen LogP contribution is -2.30. The Balaban J connectivity index is 1.24. The summed E-state index contributed by atoms with van der Waals surface area (Å²) in [5.41, 5.74) is 3.17. The van der Waals surface area contributed by atoms with Gasteiger partial charge in [0.1, 0.15) is 5.82 Å². The first-order valence-corrected chi connectivity index (χ1v) is 13.4. The van der Waals surface area contributed by atoms with Gasteiger partial charge in [-0.2, -0.15) is 0 Å². The average Bonchev–Trinajstić information content (AvgIpc) is 3.62. The third-order valence-corrected chi connectivity index (χ3v) is 7.45. The van der Waals surface area contributed by atoms with Crippen molar-refractivity contribution in [1.29, 1.82) is 0 Å². The van der Waals surface area contributed by atoms with E-state index in [4.69, 9.17) is 4.98 Å². The summed E-state index contributed by atoms with van der Waals surface area (Å²) >= 11 is 0. The number of hydrogen-bond donors (Lipinski definition) is 3. The molecule has 3 N–H and O–H groups in total. The standard InChI is InChI=1S/C30H34N6O2/c1-31-28(37)6-4-2-3-5-23(18-35-30(38)26-16-25(26)21-10-12-32-13-11-21)29-34-19-27(36-29)22-8-7-20-9-14-33-17-24(20)15-22/h7-15,17,19,23,25-26H,2-6,16,18H2,1H3,(H,31,37)(H,34,36)(H,35,38). The number of H-pyrrole nitrogens is 1. The monoisotopic (exact) mass is 510 g/mol. The van der Waals surface area contributed by atoms with Crippen LogP contribution in [0.5, 0.6) is 0 Å². The predicted molar refractivity (Wildman–Crippen MR) is 147 cm³/mol. The predicted octanol–water partition coefficient (Wildman–Crippen LogP) is 4.72. The van der Waals surface area contributed by atoms with Gasteiger partial charge < -0.3 is 15.6 Å². The van der Waals surface area contributed by atoms with E-state index >= 15 is 0 Å². The van der Waals surface area contributed by atoms with Crippen LogP contribution < -0.4 is 10.6 Å². The van der Waals surface area contributed by atoms with Gasteiger partial charge in [-0.3, -0.25) is 19.6 Å². The maximum absolute atomic E-state index is 13.0. The van der Waals surface area contributed by atoms with E-state index in [9.17, 15) is 9.59 Å². The maximum Gasteiger partial charge on any atom is 0.223 e. The van der Waals surface area contributed by atoms with Crippen LogP contribution in [0.1, 0.15) is 61.7 Å². The molecular formula is C30H34N6O2. The van der Waals surface area contributed by atoms with Crippen molar-refractivity contribution < 1.29 is 9.59 Å². The fourth-order valence-electron chi connectivity index (χ4n) is 5.08. The van der Waals surface area contributed by atoms with E-state index in [0.717, 1.165) is 60.0 Å². The molecule has 1 saturated carbocycles. The third kappa shape index (κ3) is 6.25. The number of nitrogens with one attached hydrogen (secondary N) is 3. The van der Waals surface area contributed by atoms with Crippen molar-refractivity contribution in [3.63, 3.8) is 0 Å². The molecule has 0 bridgehead atoms. The zero-order chi connectivity index (χ0) is 26.3. The Hall–Kier alpha value is -4.07. The number of rotatable bonds is 12. The van der Waals surface area contributed by atoms with Crippen LogP contribution >= 0.6 is 0 Å². The number of fused-ring (bicyclic) bond motifs is 1. The summed E-state index contributed by atoms with van der Waals surface area (Å²) in [4.78, 5) is 41.0. The number of benzene rings is 1. The number of carbonyl (C=O) groups is 2. The molecule has 1 fully saturated rings. The van der Waals surface area contributed by atoms with Crippen LogP contribution in [0.2, 0.25) is 0 Å². The number of carbonyl (C=O) groups excluding carboxylic acids is 2. The topological polar surface area (TPSA) is 113 Å². The van der Waals surface area contributed by atoms with E-state index < -0.39 is 0 Å². The first kappa shape index (κ1) is 25.6. The largest absolute Gasteiger partial charge is 0.359 e. The fraction of sp³-hybridized carbons (Fsp3) is 0.367. The summed E-state index contributed by atoms with van der Waals surface area (Å²) in [6.07, 6.45) is 14.1. The average molecular weight is 511 g/mol. The molecule has 4 aromatic rings. The molecular weight excluding hydrogens is 476 g/mol. The Morgan fingerprint density at radius 3 is 2.68 bits per heavy atom. The fourth-order valence-corrected chi connectivity index (χ4v) is 5.08. The number of aromatic amines is 1. The Morgan fingerprint density at radius 1 is 1.00 bits per heavy atom. The zero-order valence-electron chi connectivity index (χ0n) is 21.7. The van der Waals surface area contributed by atoms with Crippen LogP contribution in [0.3, 0.4) is 0 Å². The Bertz CT molecular complexity index is 1390. The molecule has 3 unspecified atom stereocenters. The van der Waals surface area contributed by atoms with Crippen molar-refractivity contribution in [3.8, 4) is 11.3 Å². The quantitative estimate of drug-likeness (QED) is 0.239. The van der Waals surface area contributed by atoms with E-state index in [2.05, 4.69) is 43.8 Å². The third-order valence-electron chi connectivity index (χ3n) is 7.45. The molecule has 38 heavy (non-hydrogen) atoms. The summed E-state index contributed by atoms with van der Waals surface area (Å²) in [6.45, 7) is 0.530. The van der Waals surface area contributed by atoms with Gasteiger partial charge in [0.05, 0.1) is 11.9 Å². The minimum absolute atomic E-state index is 0.0176. The minimum Gasteiger partial charge on any atom is -0.359 e. The van der Waals surface area contributed by atoms with Crippen molar-refractivity contribution in [2.45, 2.75) is 50.4 Å². The second-order valence-electron chi connectivity index (χ2n) is 10.1. The SMILES string of the molecule is CNC(=O)CCCCCC(CNC(=O)C1CC1c1ccncc1)c1ncc(-c2ccc3ccncc3c2)[nH]1. The first-order chi connectivity index (χ1) is 18.6. The lowest BCUT2D eigenvalue weighted by Gasteiger charge is -2.16. The highest BCUT2D eigenvalue weighted by atomic mass is 16.2. The van der Waals surface area contributed by atoms with Crippen LogP contribution in [0.15, 0.2) is 67.4 Å². The molecule has 3 heterocycles. The highest BCUT2D eigenvalue weighted by Gasteiger charge is 2.43. The molecule has 196 valence electrons. The van der Waals surface area contributed by atoms with Gasteiger partial charge in [0.25, 0.3) is 0 Å². The molecule has 8 heteroatoms. The molecule has 8 nitrogen and oxygen atoms in total. The van der Waals surface area contributed by atoms with Gasteiger partial charge in [0.2, 0.25) is 11.8 Å². The highest BCUT2D eigenvalue weighted by molar-refractivity contribution is 5.86. The van der Waals surface area contributed by atoms with Crippen molar-refractivity contribution >= 4 is 22.6 Å². The van der Waals surface area contributed by atoms with E-state index in [1.54, 1.807) is 25.6 Å². The number of amides is 2. The summed E-state index contributed by atoms with van der Waals surface area (Å²) in [5, 5.41) is 8.10. The van der Waals surface area contributed by atoms with Gasteiger partial charge in [-0.25, -0.2) is 4.98 Å². The number of imidazole rings is 1. The first-order valence-electron chi connectivity index (χ1n) is 13.4. The van der Waals surface area contributed by atoms with Crippen LogP contribution in [0.4, 0.5) is 0 Å². The molecule has 0 radical (unpaired) electrons. The Morgan fingerprint density at radius 2 is 1.84 bits per heavy atom. The highest BCUT2D eigenvalue weighted by Crippen LogP contribution is 2.47. The van der Waals surface area contributed by atoms with Crippen LogP contribution in [-0.2, 0) is 9.59 Å². The van der Waals surface area contributed by atoms with E-state index in [0.29, 0.717) is 13.0 Å². The maximum atomic E-state index is 13.0. The molecule has 1 aliphatic carbocycles. The number of nitrogens with zero attached hydrogens (tertiary/aromatic N) is 3. The Kier molecular flexibility index (Phi) is 8.06. The number of aromatic nitrogens is 4. The minimum atomic E-state index is 0.0176. The molecule has 1 aliphatic rings. The second kappa shape index (κ2) is 12.0. The van der Waals surface area contributed by atoms with E-state index in [-0.39, 0.29) is 29.6 Å². The van der Waals surface area contributed by atoms with Crippen molar-refractivity contribution in [1.82, 2.24) is 30.6 Å². The van der Waals surface area contributed by atoms with Crippen molar-refractivity contribution in [2.75, 3.05) is 13.6 Å². The normalized spacial score (nSPS) is 17.2. The molecule has 0 aliphatic heterocycles. The van der Waals surface area contributed by atoms with Gasteiger partial charge in [0, 0.05) is 67.6 Å². The lowest BCUT2D eigenvalue weighted by molar-refractivity contribution is -0.122. The van der Waals surface area contributed by atoms with Crippen molar-refractivity contribution in [2.24, 2.45) is 5.92 Å². The van der Waals surface area contributed by atoms with E-state index in [1.807, 2.05) is 30.6 Å². The molecule has 0 saturated heterocycles. The zero-order valence-corrected chi connectivity index (χ0v) is 21.7. The number of unbranched alkanes of at least 4 members (excludes halogenated alkanes) is 2. The molecule has 1 aromatic carbocycles. The van der Waals surface area contributed by atoms with Gasteiger partial charge in [0.15, 0.2) is 0 Å². The molecule has 3 atom stereocenters. The van der Waals surface area contributed by atoms with Gasteiger partial charge in [-0.1, -0.05) is 25.0 Å². The molecule has 5 rings (SSSR count). The van der Waals surface area contributed by atoms with Gasteiger partial charge >= 0.3 is 0 Å². The summed E-state index contributed by atoms with van der Waals surface area (Å²) in [6, 6.07) is 12.3. The van der Waals surface area contributed by atoms with Crippen LogP contribution in [-0.4, -0.2) is 45.3 Å². The Labute approximate surface area is 222 Å². The summed E-state index contributed by atoms with van der Waals surface area (Å²) in [7, 11) is 1.67. The van der Waals surface area contributed by atoms with Crippen molar-refractivity contribution in [3.05, 3.63) is 78.8 Å².